The molecule has 0 atom stereocenters. The van der Waals surface area contributed by atoms with Crippen LogP contribution in [0, 0.1) is 6.92 Å². The van der Waals surface area contributed by atoms with E-state index in [1.54, 1.807) is 24.1 Å². The van der Waals surface area contributed by atoms with Gasteiger partial charge in [0.1, 0.15) is 5.69 Å². The zero-order valence-electron chi connectivity index (χ0n) is 23.1. The summed E-state index contributed by atoms with van der Waals surface area (Å²) in [6, 6.07) is 10.9. The maximum atomic E-state index is 13.8. The van der Waals surface area contributed by atoms with Crippen LogP contribution in [0.15, 0.2) is 42.5 Å². The van der Waals surface area contributed by atoms with Crippen molar-refractivity contribution in [1.29, 1.82) is 0 Å². The molecule has 214 valence electrons. The number of morpholine rings is 1. The minimum Gasteiger partial charge on any atom is -0.475 e. The molecule has 8 nitrogen and oxygen atoms in total. The van der Waals surface area contributed by atoms with Crippen LogP contribution in [-0.4, -0.2) is 67.5 Å². The summed E-state index contributed by atoms with van der Waals surface area (Å²) in [4.78, 5) is 16.9. The molecule has 1 saturated heterocycles. The van der Waals surface area contributed by atoms with Crippen LogP contribution in [0.4, 0.5) is 24.5 Å². The first kappa shape index (κ1) is 29.3. The van der Waals surface area contributed by atoms with Gasteiger partial charge in [-0.2, -0.15) is 13.2 Å². The molecule has 1 aliphatic heterocycles. The highest BCUT2D eigenvalue weighted by atomic mass is 19.4. The summed E-state index contributed by atoms with van der Waals surface area (Å²) in [5.41, 5.74) is 2.68. The number of anilines is 2. The number of halogens is 3. The predicted molar refractivity (Wildman–Crippen MR) is 148 cm³/mol. The number of rotatable bonds is 9. The maximum Gasteiger partial charge on any atom is 0.416 e. The van der Waals surface area contributed by atoms with E-state index in [9.17, 15) is 18.0 Å². The van der Waals surface area contributed by atoms with Gasteiger partial charge in [0.15, 0.2) is 0 Å². The fraction of sp³-hybridized carbons (Fsp3) is 0.414. The van der Waals surface area contributed by atoms with E-state index >= 15 is 0 Å². The Balaban J connectivity index is 1.62. The molecule has 0 saturated carbocycles. The predicted octanol–water partition coefficient (Wildman–Crippen LogP) is 5.41. The molecule has 4 rings (SSSR count). The van der Waals surface area contributed by atoms with E-state index in [4.69, 9.17) is 9.47 Å². The lowest BCUT2D eigenvalue weighted by atomic mass is 10.0. The Morgan fingerprint density at radius 2 is 1.85 bits per heavy atom. The van der Waals surface area contributed by atoms with Crippen LogP contribution in [0.5, 0.6) is 5.88 Å². The molecule has 2 heterocycles. The number of benzene rings is 2. The van der Waals surface area contributed by atoms with Crippen molar-refractivity contribution in [2.24, 2.45) is 0 Å². The highest BCUT2D eigenvalue weighted by Crippen LogP contribution is 2.35. The minimum atomic E-state index is -4.58. The van der Waals surface area contributed by atoms with E-state index in [-0.39, 0.29) is 17.7 Å². The number of aryl methyl sites for hydroxylation is 1. The van der Waals surface area contributed by atoms with Crippen LogP contribution in [0.2, 0.25) is 0 Å². The summed E-state index contributed by atoms with van der Waals surface area (Å²) in [6.45, 7) is 9.39. The molecule has 2 aromatic carbocycles. The zero-order chi connectivity index (χ0) is 28.9. The minimum absolute atomic E-state index is 0.0761. The summed E-state index contributed by atoms with van der Waals surface area (Å²) in [7, 11) is 1.74. The van der Waals surface area contributed by atoms with Crippen molar-refractivity contribution >= 4 is 17.3 Å². The van der Waals surface area contributed by atoms with Gasteiger partial charge in [0, 0.05) is 36.4 Å². The monoisotopic (exact) mass is 557 g/mol. The first-order valence-electron chi connectivity index (χ1n) is 13.2. The Hall–Kier alpha value is -3.70. The van der Waals surface area contributed by atoms with Gasteiger partial charge in [-0.1, -0.05) is 19.1 Å². The largest absolute Gasteiger partial charge is 0.475 e. The van der Waals surface area contributed by atoms with Gasteiger partial charge in [0.05, 0.1) is 31.1 Å². The fourth-order valence-corrected chi connectivity index (χ4v) is 4.47. The molecule has 0 radical (unpaired) electrons. The van der Waals surface area contributed by atoms with E-state index in [0.29, 0.717) is 56.7 Å². The lowest BCUT2D eigenvalue weighted by Gasteiger charge is -2.29. The number of amides is 1. The third-order valence-corrected chi connectivity index (χ3v) is 6.80. The summed E-state index contributed by atoms with van der Waals surface area (Å²) in [6.07, 6.45) is -4.58. The van der Waals surface area contributed by atoms with Gasteiger partial charge in [-0.05, 0) is 68.9 Å². The van der Waals surface area contributed by atoms with Gasteiger partial charge < -0.3 is 24.6 Å². The quantitative estimate of drug-likeness (QED) is 0.377. The first-order chi connectivity index (χ1) is 19.1. The highest BCUT2D eigenvalue weighted by Gasteiger charge is 2.34. The van der Waals surface area contributed by atoms with Gasteiger partial charge in [-0.3, -0.25) is 4.79 Å². The SMILES string of the molecule is CCOc1nnc(-c2cc(NC(=O)c3ccc(CN(C)CC)c(C(F)(F)F)c3)ccc2C)cc1N1CCOCC1. The van der Waals surface area contributed by atoms with Crippen LogP contribution in [0.1, 0.15) is 40.9 Å². The molecule has 0 aliphatic carbocycles. The lowest BCUT2D eigenvalue weighted by Crippen LogP contribution is -2.36. The van der Waals surface area contributed by atoms with E-state index in [1.165, 1.54) is 12.1 Å². The standard InChI is InChI=1S/C29H34F3N5O3/c1-5-36(4)18-21-9-8-20(15-24(21)29(30,31)32)27(38)33-22-10-7-19(3)23(16-22)25-17-26(28(35-34-25)40-6-2)37-11-13-39-14-12-37/h7-10,15-17H,5-6,11-14,18H2,1-4H3,(H,33,38). The summed E-state index contributed by atoms with van der Waals surface area (Å²) < 4.78 is 52.6. The van der Waals surface area contributed by atoms with Crippen molar-refractivity contribution in [2.45, 2.75) is 33.5 Å². The number of nitrogens with zero attached hydrogens (tertiary/aromatic N) is 4. The highest BCUT2D eigenvalue weighted by molar-refractivity contribution is 6.04. The Morgan fingerprint density at radius 1 is 1.10 bits per heavy atom. The third kappa shape index (κ3) is 6.89. The van der Waals surface area contributed by atoms with Crippen LogP contribution < -0.4 is 15.0 Å². The van der Waals surface area contributed by atoms with E-state index < -0.39 is 17.6 Å². The third-order valence-electron chi connectivity index (χ3n) is 6.80. The van der Waals surface area contributed by atoms with Crippen molar-refractivity contribution in [3.63, 3.8) is 0 Å². The molecule has 11 heteroatoms. The maximum absolute atomic E-state index is 13.8. The molecule has 3 aromatic rings. The first-order valence-corrected chi connectivity index (χ1v) is 13.2. The number of hydrogen-bond donors (Lipinski definition) is 1. The van der Waals surface area contributed by atoms with Crippen LogP contribution in [-0.2, 0) is 17.5 Å². The molecule has 40 heavy (non-hydrogen) atoms. The second-order valence-electron chi connectivity index (χ2n) is 9.64. The molecule has 1 aliphatic rings. The van der Waals surface area contributed by atoms with Crippen molar-refractivity contribution in [2.75, 3.05) is 56.7 Å². The Labute approximate surface area is 232 Å². The average molecular weight is 558 g/mol. The van der Waals surface area contributed by atoms with Crippen LogP contribution in [0.25, 0.3) is 11.3 Å². The van der Waals surface area contributed by atoms with Gasteiger partial charge in [-0.25, -0.2) is 0 Å². The van der Waals surface area contributed by atoms with E-state index in [2.05, 4.69) is 20.4 Å². The number of alkyl halides is 3. The van der Waals surface area contributed by atoms with E-state index in [1.807, 2.05) is 32.9 Å². The van der Waals surface area contributed by atoms with Crippen molar-refractivity contribution in [1.82, 2.24) is 15.1 Å². The van der Waals surface area contributed by atoms with Crippen molar-refractivity contribution in [3.8, 4) is 17.1 Å². The van der Waals surface area contributed by atoms with Crippen molar-refractivity contribution in [3.05, 3.63) is 64.7 Å². The molecule has 1 fully saturated rings. The van der Waals surface area contributed by atoms with Gasteiger partial charge in [0.2, 0.25) is 0 Å². The average Bonchev–Trinajstić information content (AvgIpc) is 2.94. The molecule has 0 bridgehead atoms. The lowest BCUT2D eigenvalue weighted by molar-refractivity contribution is -0.138. The number of aromatic nitrogens is 2. The Morgan fingerprint density at radius 3 is 2.52 bits per heavy atom. The van der Waals surface area contributed by atoms with Gasteiger partial charge in [-0.15, -0.1) is 10.2 Å². The van der Waals surface area contributed by atoms with Crippen molar-refractivity contribution < 1.29 is 27.4 Å². The Kier molecular flexibility index (Phi) is 9.26. The molecule has 1 N–H and O–H groups in total. The smallest absolute Gasteiger partial charge is 0.416 e. The zero-order valence-corrected chi connectivity index (χ0v) is 23.1. The topological polar surface area (TPSA) is 79.8 Å². The summed E-state index contributed by atoms with van der Waals surface area (Å²) >= 11 is 0. The summed E-state index contributed by atoms with van der Waals surface area (Å²) in [5.74, 6) is -0.202. The number of carbonyl (C=O) groups excluding carboxylic acids is 1. The molecule has 1 aromatic heterocycles. The van der Waals surface area contributed by atoms with Gasteiger partial charge in [0.25, 0.3) is 11.8 Å². The number of hydrogen-bond acceptors (Lipinski definition) is 7. The molecule has 1 amide bonds. The summed E-state index contributed by atoms with van der Waals surface area (Å²) in [5, 5.41) is 11.4. The second kappa shape index (κ2) is 12.6. The molecule has 0 unspecified atom stereocenters. The fourth-order valence-electron chi connectivity index (χ4n) is 4.47. The van der Waals surface area contributed by atoms with E-state index in [0.717, 1.165) is 22.9 Å². The van der Waals surface area contributed by atoms with Crippen LogP contribution in [0.3, 0.4) is 0 Å². The molecule has 0 spiro atoms. The van der Waals surface area contributed by atoms with Crippen LogP contribution >= 0.6 is 0 Å². The normalized spacial score (nSPS) is 13.9. The molecular formula is C29H34F3N5O3. The molecular weight excluding hydrogens is 523 g/mol. The Bertz CT molecular complexity index is 1340. The van der Waals surface area contributed by atoms with Gasteiger partial charge >= 0.3 is 6.18 Å². The number of nitrogens with one attached hydrogen (secondary N) is 1. The number of ether oxygens (including phenoxy) is 2. The number of carbonyl (C=O) groups is 1. The second-order valence-corrected chi connectivity index (χ2v) is 9.64.